The van der Waals surface area contributed by atoms with Gasteiger partial charge in [-0.05, 0) is 35.7 Å². The SMILES string of the molecule is CNc1ccc(-c2ccc3c(C4CCC(=O)NC4=O)nn(C)c3c2)cc1. The zero-order chi connectivity index (χ0) is 18.3. The number of benzene rings is 2. The fourth-order valence-electron chi connectivity index (χ4n) is 3.51. The van der Waals surface area contributed by atoms with Gasteiger partial charge in [0.1, 0.15) is 0 Å². The highest BCUT2D eigenvalue weighted by Crippen LogP contribution is 2.32. The highest BCUT2D eigenvalue weighted by molar-refractivity contribution is 6.02. The summed E-state index contributed by atoms with van der Waals surface area (Å²) in [4.78, 5) is 23.6. The van der Waals surface area contributed by atoms with E-state index >= 15 is 0 Å². The quantitative estimate of drug-likeness (QED) is 0.714. The molecular weight excluding hydrogens is 328 g/mol. The van der Waals surface area contributed by atoms with Crippen LogP contribution in [0.4, 0.5) is 5.69 Å². The van der Waals surface area contributed by atoms with Crippen molar-refractivity contribution in [2.75, 3.05) is 12.4 Å². The van der Waals surface area contributed by atoms with Crippen molar-refractivity contribution in [3.05, 3.63) is 48.2 Å². The Morgan fingerprint density at radius 1 is 1.12 bits per heavy atom. The van der Waals surface area contributed by atoms with Gasteiger partial charge in [0.05, 0.1) is 17.1 Å². The fraction of sp³-hybridized carbons (Fsp3) is 0.250. The molecule has 1 saturated heterocycles. The third-order valence-corrected chi connectivity index (χ3v) is 4.96. The second-order valence-corrected chi connectivity index (χ2v) is 6.57. The lowest BCUT2D eigenvalue weighted by molar-refractivity contribution is -0.134. The van der Waals surface area contributed by atoms with Gasteiger partial charge in [-0.3, -0.25) is 19.6 Å². The summed E-state index contributed by atoms with van der Waals surface area (Å²) in [6.45, 7) is 0. The van der Waals surface area contributed by atoms with E-state index in [-0.39, 0.29) is 17.7 Å². The third kappa shape index (κ3) is 2.73. The monoisotopic (exact) mass is 348 g/mol. The molecular formula is C20H20N4O2. The van der Waals surface area contributed by atoms with E-state index in [2.05, 4.69) is 33.9 Å². The van der Waals surface area contributed by atoms with Crippen molar-refractivity contribution >= 4 is 28.4 Å². The number of rotatable bonds is 3. The summed E-state index contributed by atoms with van der Waals surface area (Å²) >= 11 is 0. The van der Waals surface area contributed by atoms with Crippen LogP contribution in [0.3, 0.4) is 0 Å². The molecule has 6 nitrogen and oxygen atoms in total. The minimum atomic E-state index is -0.378. The second kappa shape index (κ2) is 6.29. The Morgan fingerprint density at radius 2 is 1.85 bits per heavy atom. The Morgan fingerprint density at radius 3 is 2.54 bits per heavy atom. The van der Waals surface area contributed by atoms with Crippen LogP contribution < -0.4 is 10.6 Å². The maximum absolute atomic E-state index is 12.2. The van der Waals surface area contributed by atoms with Crippen molar-refractivity contribution in [1.29, 1.82) is 0 Å². The number of aromatic nitrogens is 2. The molecule has 2 heterocycles. The number of carbonyl (C=O) groups is 2. The Labute approximate surface area is 151 Å². The van der Waals surface area contributed by atoms with E-state index in [1.165, 1.54) is 0 Å². The number of piperidine rings is 1. The van der Waals surface area contributed by atoms with Crippen molar-refractivity contribution < 1.29 is 9.59 Å². The molecule has 0 bridgehead atoms. The van der Waals surface area contributed by atoms with E-state index in [0.29, 0.717) is 12.8 Å². The molecule has 0 aliphatic carbocycles. The normalized spacial score (nSPS) is 17.4. The number of fused-ring (bicyclic) bond motifs is 1. The standard InChI is InChI=1S/C20H20N4O2/c1-21-14-6-3-12(4-7-14)13-5-8-15-17(11-13)24(2)23-19(15)16-9-10-18(25)22-20(16)26/h3-8,11,16,21H,9-10H2,1-2H3,(H,22,25,26). The van der Waals surface area contributed by atoms with Gasteiger partial charge >= 0.3 is 0 Å². The Bertz CT molecular complexity index is 1000. The number of aryl methyl sites for hydroxylation is 1. The predicted molar refractivity (Wildman–Crippen MR) is 101 cm³/mol. The molecule has 1 atom stereocenters. The van der Waals surface area contributed by atoms with Gasteiger partial charge in [0.2, 0.25) is 11.8 Å². The van der Waals surface area contributed by atoms with Gasteiger partial charge in [-0.2, -0.15) is 5.10 Å². The lowest BCUT2D eigenvalue weighted by atomic mass is 9.92. The Balaban J connectivity index is 1.74. The number of carbonyl (C=O) groups excluding carboxylic acids is 2. The highest BCUT2D eigenvalue weighted by Gasteiger charge is 2.31. The van der Waals surface area contributed by atoms with Crippen molar-refractivity contribution in [2.24, 2.45) is 7.05 Å². The molecule has 2 N–H and O–H groups in total. The number of nitrogens with one attached hydrogen (secondary N) is 2. The third-order valence-electron chi connectivity index (χ3n) is 4.96. The minimum absolute atomic E-state index is 0.209. The van der Waals surface area contributed by atoms with Crippen LogP contribution in [-0.4, -0.2) is 28.6 Å². The first-order valence-corrected chi connectivity index (χ1v) is 8.65. The van der Waals surface area contributed by atoms with Gasteiger partial charge in [0.15, 0.2) is 0 Å². The van der Waals surface area contributed by atoms with E-state index < -0.39 is 0 Å². The predicted octanol–water partition coefficient (Wildman–Crippen LogP) is 2.80. The summed E-state index contributed by atoms with van der Waals surface area (Å²) in [6, 6.07) is 14.4. The number of imide groups is 1. The van der Waals surface area contributed by atoms with E-state index in [4.69, 9.17) is 0 Å². The molecule has 1 aliphatic rings. The molecule has 2 amide bonds. The van der Waals surface area contributed by atoms with Gasteiger partial charge in [0, 0.05) is 31.6 Å². The molecule has 1 fully saturated rings. The summed E-state index contributed by atoms with van der Waals surface area (Å²) in [5, 5.41) is 11.1. The van der Waals surface area contributed by atoms with E-state index in [1.54, 1.807) is 4.68 Å². The molecule has 6 heteroatoms. The van der Waals surface area contributed by atoms with E-state index in [0.717, 1.165) is 33.4 Å². The smallest absolute Gasteiger partial charge is 0.235 e. The number of hydrogen-bond donors (Lipinski definition) is 2. The van der Waals surface area contributed by atoms with Crippen LogP contribution in [0.1, 0.15) is 24.5 Å². The largest absolute Gasteiger partial charge is 0.388 e. The summed E-state index contributed by atoms with van der Waals surface area (Å²) in [6.07, 6.45) is 0.856. The number of nitrogens with zero attached hydrogens (tertiary/aromatic N) is 2. The van der Waals surface area contributed by atoms with Crippen LogP contribution in [0, 0.1) is 0 Å². The van der Waals surface area contributed by atoms with Crippen LogP contribution in [0.5, 0.6) is 0 Å². The van der Waals surface area contributed by atoms with E-state index in [9.17, 15) is 9.59 Å². The number of anilines is 1. The summed E-state index contributed by atoms with van der Waals surface area (Å²) < 4.78 is 1.81. The van der Waals surface area contributed by atoms with Gasteiger partial charge in [-0.25, -0.2) is 0 Å². The van der Waals surface area contributed by atoms with Crippen LogP contribution >= 0.6 is 0 Å². The number of amides is 2. The number of hydrogen-bond acceptors (Lipinski definition) is 4. The average Bonchev–Trinajstić information content (AvgIpc) is 2.98. The minimum Gasteiger partial charge on any atom is -0.388 e. The topological polar surface area (TPSA) is 76.0 Å². The molecule has 0 spiro atoms. The molecule has 3 aromatic rings. The Kier molecular flexibility index (Phi) is 3.95. The zero-order valence-corrected chi connectivity index (χ0v) is 14.7. The van der Waals surface area contributed by atoms with Crippen LogP contribution in [0.25, 0.3) is 22.0 Å². The maximum Gasteiger partial charge on any atom is 0.235 e. The van der Waals surface area contributed by atoms with Gasteiger partial charge in [-0.1, -0.05) is 24.3 Å². The molecule has 1 aliphatic heterocycles. The van der Waals surface area contributed by atoms with Gasteiger partial charge < -0.3 is 5.32 Å². The summed E-state index contributed by atoms with van der Waals surface area (Å²) in [5.41, 5.74) is 4.99. The fourth-order valence-corrected chi connectivity index (χ4v) is 3.51. The highest BCUT2D eigenvalue weighted by atomic mass is 16.2. The van der Waals surface area contributed by atoms with Crippen molar-refractivity contribution in [3.63, 3.8) is 0 Å². The van der Waals surface area contributed by atoms with Gasteiger partial charge in [-0.15, -0.1) is 0 Å². The van der Waals surface area contributed by atoms with Crippen LogP contribution in [0.15, 0.2) is 42.5 Å². The Hall–Kier alpha value is -3.15. The van der Waals surface area contributed by atoms with Crippen molar-refractivity contribution in [1.82, 2.24) is 15.1 Å². The lowest BCUT2D eigenvalue weighted by Gasteiger charge is -2.19. The van der Waals surface area contributed by atoms with Gasteiger partial charge in [0.25, 0.3) is 0 Å². The lowest BCUT2D eigenvalue weighted by Crippen LogP contribution is -2.39. The summed E-state index contributed by atoms with van der Waals surface area (Å²) in [7, 11) is 3.78. The molecule has 4 rings (SSSR count). The molecule has 2 aromatic carbocycles. The molecule has 0 saturated carbocycles. The average molecular weight is 348 g/mol. The first-order chi connectivity index (χ1) is 12.6. The first-order valence-electron chi connectivity index (χ1n) is 8.65. The summed E-state index contributed by atoms with van der Waals surface area (Å²) in [5.74, 6) is -0.844. The molecule has 1 aromatic heterocycles. The van der Waals surface area contributed by atoms with Crippen LogP contribution in [0.2, 0.25) is 0 Å². The molecule has 1 unspecified atom stereocenters. The molecule has 26 heavy (non-hydrogen) atoms. The van der Waals surface area contributed by atoms with Crippen LogP contribution in [-0.2, 0) is 16.6 Å². The van der Waals surface area contributed by atoms with Crippen molar-refractivity contribution in [2.45, 2.75) is 18.8 Å². The molecule has 0 radical (unpaired) electrons. The maximum atomic E-state index is 12.2. The molecule has 132 valence electrons. The zero-order valence-electron chi connectivity index (χ0n) is 14.7. The van der Waals surface area contributed by atoms with E-state index in [1.807, 2.05) is 38.4 Å². The van der Waals surface area contributed by atoms with Crippen molar-refractivity contribution in [3.8, 4) is 11.1 Å². The first kappa shape index (κ1) is 16.3. The second-order valence-electron chi connectivity index (χ2n) is 6.57.